The van der Waals surface area contributed by atoms with Gasteiger partial charge in [0.15, 0.2) is 0 Å². The van der Waals surface area contributed by atoms with Crippen molar-refractivity contribution >= 4 is 138 Å². The van der Waals surface area contributed by atoms with E-state index >= 15 is 0 Å². The molecule has 8 bridgehead atoms. The number of aromatic amines is 2. The van der Waals surface area contributed by atoms with Crippen LogP contribution in [0.4, 0.5) is 0 Å². The van der Waals surface area contributed by atoms with Crippen LogP contribution in [0.5, 0.6) is 0 Å². The number of nitrogens with one attached hydrogen (secondary N) is 2. The minimum Gasteiger partial charge on any atom is -0.354 e. The molecule has 8 atom stereocenters. The maximum absolute atomic E-state index is 6.56. The molecule has 72 heavy (non-hydrogen) atoms. The van der Waals surface area contributed by atoms with Crippen molar-refractivity contribution in [1.29, 1.82) is 0 Å². The van der Waals surface area contributed by atoms with E-state index in [1.807, 2.05) is 29.1 Å². The number of hydrogen-bond acceptors (Lipinski definition) is 2. The molecular formula is C56H38B12N4. The molecule has 0 saturated carbocycles. The highest BCUT2D eigenvalue weighted by Crippen LogP contribution is 2.56. The molecule has 4 aromatic carbocycles. The van der Waals surface area contributed by atoms with Crippen LogP contribution in [0.3, 0.4) is 0 Å². The Bertz CT molecular complexity index is 3110. The SMILES string of the molecule is [B]C1[B]C1([B])Cc1ccc(-c2c3nc(c(-c4ccc(CC5([B])[B]C5[B])cc4)c4ccc([nH]4)c(-c4ccc(CC5([B])[B]C5[B])cc4)c4nc(c(-c5ccc(CC6([B])[B]C6[B])cc5)c5ccc2[nH]5)C=C4)C=C3)cc1. The van der Waals surface area contributed by atoms with Crippen LogP contribution in [0, 0.1) is 0 Å². The van der Waals surface area contributed by atoms with Crippen LogP contribution in [0.2, 0.25) is 43.7 Å². The van der Waals surface area contributed by atoms with Gasteiger partial charge in [0, 0.05) is 44.3 Å². The second-order valence-corrected chi connectivity index (χ2v) is 21.2. The largest absolute Gasteiger partial charge is 0.354 e. The van der Waals surface area contributed by atoms with Gasteiger partial charge in [0.25, 0.3) is 0 Å². The van der Waals surface area contributed by atoms with Crippen molar-refractivity contribution in [2.75, 3.05) is 0 Å². The Kier molecular flexibility index (Phi) is 10.8. The van der Waals surface area contributed by atoms with Crippen LogP contribution in [0.25, 0.3) is 90.9 Å². The maximum atomic E-state index is 6.56. The topological polar surface area (TPSA) is 57.4 Å². The molecule has 4 nitrogen and oxygen atoms in total. The molecule has 318 valence electrons. The molecule has 7 aromatic rings. The summed E-state index contributed by atoms with van der Waals surface area (Å²) in [5.41, 5.74) is 18.7. The Hall–Kier alpha value is -5.74. The zero-order chi connectivity index (χ0) is 49.3. The smallest absolute Gasteiger partial charge is 0.0985 e. The lowest BCUT2D eigenvalue weighted by Gasteiger charge is -2.13. The van der Waals surface area contributed by atoms with Crippen LogP contribution in [-0.4, -0.2) is 112 Å². The second-order valence-electron chi connectivity index (χ2n) is 21.2. The van der Waals surface area contributed by atoms with Gasteiger partial charge in [-0.3, -0.25) is 0 Å². The molecule has 0 amide bonds. The van der Waals surface area contributed by atoms with E-state index in [0.29, 0.717) is 25.7 Å². The van der Waals surface area contributed by atoms with Gasteiger partial charge in [-0.15, -0.1) is 22.9 Å². The van der Waals surface area contributed by atoms with Gasteiger partial charge in [-0.2, -0.15) is 0 Å². The molecule has 2 N–H and O–H groups in total. The summed E-state index contributed by atoms with van der Waals surface area (Å²) in [5, 5.41) is -1.95. The van der Waals surface area contributed by atoms with Gasteiger partial charge in [0.2, 0.25) is 0 Å². The lowest BCUT2D eigenvalue weighted by atomic mass is 9.67. The molecule has 4 fully saturated rings. The summed E-state index contributed by atoms with van der Waals surface area (Å²) < 4.78 is 0. The lowest BCUT2D eigenvalue weighted by Crippen LogP contribution is -2.00. The predicted octanol–water partition coefficient (Wildman–Crippen LogP) is 9.16. The van der Waals surface area contributed by atoms with Gasteiger partial charge >= 0.3 is 0 Å². The van der Waals surface area contributed by atoms with Gasteiger partial charge in [-0.1, -0.05) is 118 Å². The normalized spacial score (nSPS) is 27.0. The highest BCUT2D eigenvalue weighted by atomic mass is 14.8. The Morgan fingerprint density at radius 3 is 0.708 bits per heavy atom. The van der Waals surface area contributed by atoms with Gasteiger partial charge in [0.05, 0.1) is 115 Å². The summed E-state index contributed by atoms with van der Waals surface area (Å²) in [5.74, 6) is 0. The Balaban J connectivity index is 1.04. The fourth-order valence-corrected chi connectivity index (χ4v) is 10.8. The van der Waals surface area contributed by atoms with E-state index in [0.717, 1.165) is 112 Å². The van der Waals surface area contributed by atoms with Gasteiger partial charge in [-0.25, -0.2) is 9.97 Å². The molecule has 8 unspecified atom stereocenters. The van der Waals surface area contributed by atoms with E-state index in [9.17, 15) is 0 Å². The number of aromatic nitrogens is 4. The molecular weight excluding hydrogens is 858 g/mol. The minimum atomic E-state index is -0.487. The summed E-state index contributed by atoms with van der Waals surface area (Å²) in [6.07, 6.45) is 11.1. The van der Waals surface area contributed by atoms with Crippen molar-refractivity contribution in [3.8, 4) is 44.5 Å². The average Bonchev–Trinajstić information content (AvgIpc) is 4.06. The van der Waals surface area contributed by atoms with Crippen LogP contribution < -0.4 is 0 Å². The first-order chi connectivity index (χ1) is 34.6. The molecule has 16 heteroatoms. The average molecular weight is 897 g/mol. The summed E-state index contributed by atoms with van der Waals surface area (Å²) in [7, 11) is 59.0. The molecule has 0 aliphatic carbocycles. The first kappa shape index (κ1) is 46.1. The first-order valence-corrected chi connectivity index (χ1v) is 24.8. The number of nitrogens with zero attached hydrogens (tertiary/aromatic N) is 2. The zero-order valence-electron chi connectivity index (χ0n) is 39.8. The van der Waals surface area contributed by atoms with Crippen molar-refractivity contribution in [2.24, 2.45) is 0 Å². The third-order valence-corrected chi connectivity index (χ3v) is 15.8. The van der Waals surface area contributed by atoms with Crippen molar-refractivity contribution in [3.05, 3.63) is 166 Å². The maximum Gasteiger partial charge on any atom is 0.0985 e. The van der Waals surface area contributed by atoms with Crippen LogP contribution in [0.15, 0.2) is 121 Å². The molecule has 13 rings (SSSR count). The monoisotopic (exact) mass is 898 g/mol. The van der Waals surface area contributed by atoms with Crippen LogP contribution in [0.1, 0.15) is 45.0 Å². The number of benzene rings is 4. The highest BCUT2D eigenvalue weighted by Gasteiger charge is 2.48. The molecule has 6 aliphatic heterocycles. The first-order valence-electron chi connectivity index (χ1n) is 24.8. The van der Waals surface area contributed by atoms with Gasteiger partial charge < -0.3 is 9.97 Å². The zero-order valence-corrected chi connectivity index (χ0v) is 39.8. The van der Waals surface area contributed by atoms with Crippen molar-refractivity contribution < 1.29 is 0 Å². The Morgan fingerprint density at radius 2 is 0.528 bits per heavy atom. The lowest BCUT2D eigenvalue weighted by molar-refractivity contribution is 0.901. The molecule has 6 aliphatic rings. The summed E-state index contributed by atoms with van der Waals surface area (Å²) in [6.45, 7) is 0. The number of hydrogen-bond donors (Lipinski definition) is 2. The van der Waals surface area contributed by atoms with E-state index < -0.39 is 20.9 Å². The molecule has 4 saturated heterocycles. The number of fused-ring (bicyclic) bond motifs is 8. The fraction of sp³-hybridized carbons (Fsp3) is 0.214. The van der Waals surface area contributed by atoms with Gasteiger partial charge in [-0.05, 0) is 119 Å². The summed E-state index contributed by atoms with van der Waals surface area (Å²) >= 11 is 0. The third kappa shape index (κ3) is 8.47. The predicted molar refractivity (Wildman–Crippen MR) is 310 cm³/mol. The summed E-state index contributed by atoms with van der Waals surface area (Å²) in [4.78, 5) is 18.8. The fourth-order valence-electron chi connectivity index (χ4n) is 10.8. The van der Waals surface area contributed by atoms with Gasteiger partial charge in [0.1, 0.15) is 0 Å². The van der Waals surface area contributed by atoms with Crippen molar-refractivity contribution in [1.82, 2.24) is 19.9 Å². The molecule has 3 aromatic heterocycles. The number of rotatable bonds is 12. The van der Waals surface area contributed by atoms with E-state index in [4.69, 9.17) is 72.7 Å². The van der Waals surface area contributed by atoms with Crippen molar-refractivity contribution in [2.45, 2.75) is 69.4 Å². The quantitative estimate of drug-likeness (QED) is 0.120. The molecule has 20 radical (unpaired) electrons. The Labute approximate surface area is 436 Å². The highest BCUT2D eigenvalue weighted by molar-refractivity contribution is 6.79. The third-order valence-electron chi connectivity index (χ3n) is 15.8. The summed E-state index contributed by atoms with van der Waals surface area (Å²) in [6, 6.07) is 42.9. The standard InChI is InChI=1S/C56H38B12N4/c57-49-53(61,65-49)25-29-1-9-33(10-2-29)45-37-17-19-39(69-37)46(34-11-3-30(4-12-34)26-54(62)50(58)66-54)41-21-23-43(71-41)48(36-15-7-32(8-16-36)28-56(64)52(60)68-56)44-24-22-42(72-44)47(40-20-18-38(45)70-40)35-13-5-31(6-14-35)27-55(63)51(59)67-55/h1-24,49-52,69,72H,25-28H2. The van der Waals surface area contributed by atoms with Crippen LogP contribution in [-0.2, 0) is 25.7 Å². The second kappa shape index (κ2) is 16.9. The van der Waals surface area contributed by atoms with E-state index in [2.05, 4.69) is 156 Å². The van der Waals surface area contributed by atoms with Crippen LogP contribution >= 0.6 is 0 Å². The van der Waals surface area contributed by atoms with E-state index in [1.54, 1.807) is 0 Å². The minimum absolute atomic E-state index is 0.109. The van der Waals surface area contributed by atoms with Crippen molar-refractivity contribution in [3.63, 3.8) is 0 Å². The van der Waals surface area contributed by atoms with E-state index in [1.165, 1.54) is 0 Å². The Morgan fingerprint density at radius 1 is 0.333 bits per heavy atom. The van der Waals surface area contributed by atoms with E-state index in [-0.39, 0.29) is 22.9 Å². The molecule has 9 heterocycles. The molecule has 0 spiro atoms. The number of H-pyrrole nitrogens is 2.